The van der Waals surface area contributed by atoms with Gasteiger partial charge in [-0.05, 0) is 48.4 Å². The van der Waals surface area contributed by atoms with E-state index in [9.17, 15) is 17.6 Å². The van der Waals surface area contributed by atoms with E-state index in [1.54, 1.807) is 12.1 Å². The predicted molar refractivity (Wildman–Crippen MR) is 90.7 cm³/mol. The summed E-state index contributed by atoms with van der Waals surface area (Å²) < 4.78 is 39.5. The molecule has 0 aliphatic heterocycles. The molecule has 0 heterocycles. The maximum atomic E-state index is 13.1. The fraction of sp³-hybridized carbons (Fsp3) is 0.235. The molecule has 0 aliphatic carbocycles. The number of sulfonamides is 1. The van der Waals surface area contributed by atoms with Crippen molar-refractivity contribution >= 4 is 21.6 Å². The highest BCUT2D eigenvalue weighted by Crippen LogP contribution is 2.14. The van der Waals surface area contributed by atoms with E-state index in [0.717, 1.165) is 0 Å². The minimum atomic E-state index is -3.53. The number of hydrogen-bond donors (Lipinski definition) is 2. The van der Waals surface area contributed by atoms with Gasteiger partial charge < -0.3 is 5.32 Å². The van der Waals surface area contributed by atoms with Gasteiger partial charge in [-0.25, -0.2) is 17.5 Å². The largest absolute Gasteiger partial charge is 0.326 e. The molecule has 5 nitrogen and oxygen atoms in total. The van der Waals surface area contributed by atoms with Crippen LogP contribution < -0.4 is 10.0 Å². The van der Waals surface area contributed by atoms with Crippen molar-refractivity contribution in [2.24, 2.45) is 0 Å². The molecule has 24 heavy (non-hydrogen) atoms. The maximum Gasteiger partial charge on any atom is 0.240 e. The third kappa shape index (κ3) is 5.14. The molecule has 0 aromatic heterocycles. The van der Waals surface area contributed by atoms with Gasteiger partial charge in [0.05, 0.1) is 11.3 Å². The lowest BCUT2D eigenvalue weighted by atomic mass is 10.1. The van der Waals surface area contributed by atoms with Gasteiger partial charge in [-0.2, -0.15) is 0 Å². The van der Waals surface area contributed by atoms with E-state index in [-0.39, 0.29) is 17.2 Å². The van der Waals surface area contributed by atoms with Crippen LogP contribution >= 0.6 is 0 Å². The number of carbonyl (C=O) groups is 1. The molecule has 0 saturated carbocycles. The van der Waals surface area contributed by atoms with E-state index in [1.807, 2.05) is 6.92 Å². The zero-order valence-electron chi connectivity index (χ0n) is 13.3. The number of carbonyl (C=O) groups excluding carboxylic acids is 1. The molecule has 2 rings (SSSR count). The van der Waals surface area contributed by atoms with Gasteiger partial charge in [0.25, 0.3) is 0 Å². The Bertz CT molecular complexity index is 805. The summed E-state index contributed by atoms with van der Waals surface area (Å²) >= 11 is 0. The lowest BCUT2D eigenvalue weighted by Crippen LogP contribution is -2.24. The Labute approximate surface area is 141 Å². The molecule has 7 heteroatoms. The lowest BCUT2D eigenvalue weighted by Gasteiger charge is -2.08. The number of benzene rings is 2. The van der Waals surface area contributed by atoms with Crippen molar-refractivity contribution in [3.63, 3.8) is 0 Å². The number of halogens is 1. The molecule has 0 spiro atoms. The van der Waals surface area contributed by atoms with Crippen molar-refractivity contribution in [3.8, 4) is 0 Å². The van der Waals surface area contributed by atoms with Crippen LogP contribution in [0.2, 0.25) is 0 Å². The van der Waals surface area contributed by atoms with Crippen molar-refractivity contribution in [2.75, 3.05) is 11.9 Å². The maximum absolute atomic E-state index is 13.1. The summed E-state index contributed by atoms with van der Waals surface area (Å²) in [5.41, 5.74) is 1.04. The third-order valence-corrected chi connectivity index (χ3v) is 4.72. The highest BCUT2D eigenvalue weighted by atomic mass is 32.2. The number of anilines is 1. The van der Waals surface area contributed by atoms with Gasteiger partial charge >= 0.3 is 0 Å². The molecule has 0 bridgehead atoms. The van der Waals surface area contributed by atoms with Crippen LogP contribution in [0.4, 0.5) is 10.1 Å². The highest BCUT2D eigenvalue weighted by Gasteiger charge is 2.13. The van der Waals surface area contributed by atoms with Gasteiger partial charge in [0.15, 0.2) is 0 Å². The Hall–Kier alpha value is -2.25. The molecular weight excluding hydrogens is 331 g/mol. The Morgan fingerprint density at radius 3 is 2.46 bits per heavy atom. The van der Waals surface area contributed by atoms with E-state index in [2.05, 4.69) is 10.0 Å². The van der Waals surface area contributed by atoms with Crippen LogP contribution in [-0.4, -0.2) is 20.9 Å². The molecule has 2 aromatic carbocycles. The summed E-state index contributed by atoms with van der Waals surface area (Å²) in [6, 6.07) is 11.7. The van der Waals surface area contributed by atoms with Crippen LogP contribution in [-0.2, 0) is 21.2 Å². The molecule has 0 fully saturated rings. The summed E-state index contributed by atoms with van der Waals surface area (Å²) in [4.78, 5) is 12.1. The average molecular weight is 350 g/mol. The van der Waals surface area contributed by atoms with Gasteiger partial charge in [0.2, 0.25) is 15.9 Å². The summed E-state index contributed by atoms with van der Waals surface area (Å²) in [5, 5.41) is 2.66. The van der Waals surface area contributed by atoms with E-state index in [4.69, 9.17) is 0 Å². The number of amides is 1. The number of hydrogen-bond acceptors (Lipinski definition) is 3. The summed E-state index contributed by atoms with van der Waals surface area (Å²) in [6.45, 7) is 2.24. The normalized spacial score (nSPS) is 11.2. The van der Waals surface area contributed by atoms with Gasteiger partial charge in [-0.15, -0.1) is 0 Å². The minimum Gasteiger partial charge on any atom is -0.326 e. The van der Waals surface area contributed by atoms with Crippen molar-refractivity contribution in [3.05, 3.63) is 59.9 Å². The van der Waals surface area contributed by atoms with E-state index in [0.29, 0.717) is 24.2 Å². The topological polar surface area (TPSA) is 75.3 Å². The molecule has 0 atom stereocenters. The zero-order chi connectivity index (χ0) is 17.6. The second-order valence-corrected chi connectivity index (χ2v) is 7.04. The van der Waals surface area contributed by atoms with Crippen molar-refractivity contribution in [1.82, 2.24) is 4.72 Å². The molecule has 2 N–H and O–H groups in total. The van der Waals surface area contributed by atoms with Crippen LogP contribution in [0.25, 0.3) is 0 Å². The first-order valence-electron chi connectivity index (χ1n) is 7.55. The molecule has 1 amide bonds. The fourth-order valence-electron chi connectivity index (χ4n) is 2.07. The quantitative estimate of drug-likeness (QED) is 0.806. The molecule has 128 valence electrons. The van der Waals surface area contributed by atoms with Crippen LogP contribution in [0.1, 0.15) is 18.9 Å². The van der Waals surface area contributed by atoms with Crippen LogP contribution in [0.5, 0.6) is 0 Å². The average Bonchev–Trinajstić information content (AvgIpc) is 2.53. The second kappa shape index (κ2) is 8.03. The van der Waals surface area contributed by atoms with Crippen molar-refractivity contribution < 1.29 is 17.6 Å². The summed E-state index contributed by atoms with van der Waals surface area (Å²) in [7, 11) is -3.53. The monoisotopic (exact) mass is 350 g/mol. The van der Waals surface area contributed by atoms with Crippen molar-refractivity contribution in [1.29, 1.82) is 0 Å². The molecule has 0 saturated heterocycles. The molecule has 2 aromatic rings. The minimum absolute atomic E-state index is 0.0376. The SMILES string of the molecule is CCCNS(=O)(=O)c1ccc(NC(=O)Cc2cccc(F)c2)cc1. The van der Waals surface area contributed by atoms with Gasteiger partial charge in [0, 0.05) is 12.2 Å². The first kappa shape index (κ1) is 18.1. The van der Waals surface area contributed by atoms with Gasteiger partial charge in [0.1, 0.15) is 5.82 Å². The lowest BCUT2D eigenvalue weighted by molar-refractivity contribution is -0.115. The van der Waals surface area contributed by atoms with E-state index in [1.165, 1.54) is 36.4 Å². The zero-order valence-corrected chi connectivity index (χ0v) is 14.1. The Morgan fingerprint density at radius 2 is 1.83 bits per heavy atom. The van der Waals surface area contributed by atoms with Gasteiger partial charge in [-0.1, -0.05) is 19.1 Å². The third-order valence-electron chi connectivity index (χ3n) is 3.24. The molecule has 0 radical (unpaired) electrons. The van der Waals surface area contributed by atoms with Crippen LogP contribution in [0.15, 0.2) is 53.4 Å². The first-order valence-corrected chi connectivity index (χ1v) is 9.03. The summed E-state index contributed by atoms with van der Waals surface area (Å²) in [6.07, 6.45) is 0.739. The number of rotatable bonds is 7. The first-order chi connectivity index (χ1) is 11.4. The second-order valence-electron chi connectivity index (χ2n) is 5.28. The predicted octanol–water partition coefficient (Wildman–Crippen LogP) is 2.70. The van der Waals surface area contributed by atoms with E-state index < -0.39 is 15.8 Å². The van der Waals surface area contributed by atoms with Crippen LogP contribution in [0.3, 0.4) is 0 Å². The highest BCUT2D eigenvalue weighted by molar-refractivity contribution is 7.89. The van der Waals surface area contributed by atoms with E-state index >= 15 is 0 Å². The Balaban J connectivity index is 1.99. The van der Waals surface area contributed by atoms with Crippen LogP contribution in [0, 0.1) is 5.82 Å². The Morgan fingerprint density at radius 1 is 1.12 bits per heavy atom. The smallest absolute Gasteiger partial charge is 0.240 e. The molecule has 0 unspecified atom stereocenters. The summed E-state index contributed by atoms with van der Waals surface area (Å²) in [5.74, 6) is -0.699. The fourth-order valence-corrected chi connectivity index (χ4v) is 3.21. The standard InChI is InChI=1S/C17H19FN2O3S/c1-2-10-19-24(22,23)16-8-6-15(7-9-16)20-17(21)12-13-4-3-5-14(18)11-13/h3-9,11,19H,2,10,12H2,1H3,(H,20,21). The Kier molecular flexibility index (Phi) is 6.05. The number of nitrogens with one attached hydrogen (secondary N) is 2. The van der Waals surface area contributed by atoms with Gasteiger partial charge in [-0.3, -0.25) is 4.79 Å². The molecular formula is C17H19FN2O3S. The molecule has 0 aliphatic rings. The van der Waals surface area contributed by atoms with Crippen molar-refractivity contribution in [2.45, 2.75) is 24.7 Å².